The maximum Gasteiger partial charge on any atom is 0.407 e. The third-order valence-corrected chi connectivity index (χ3v) is 4.51. The highest BCUT2D eigenvalue weighted by atomic mass is 79.9. The van der Waals surface area contributed by atoms with Crippen LogP contribution in [0, 0.1) is 0 Å². The zero-order valence-corrected chi connectivity index (χ0v) is 17.1. The van der Waals surface area contributed by atoms with Crippen molar-refractivity contribution in [2.45, 2.75) is 39.2 Å². The van der Waals surface area contributed by atoms with Gasteiger partial charge >= 0.3 is 6.09 Å². The number of ether oxygens (including phenoxy) is 1. The van der Waals surface area contributed by atoms with Crippen LogP contribution in [-0.4, -0.2) is 44.3 Å². The Morgan fingerprint density at radius 3 is 2.46 bits per heavy atom. The van der Waals surface area contributed by atoms with Crippen molar-refractivity contribution in [1.82, 2.24) is 16.0 Å². The lowest BCUT2D eigenvalue weighted by Gasteiger charge is -2.19. The third-order valence-electron chi connectivity index (χ3n) is 2.83. The number of carbonyl (C=O) groups is 1. The molecule has 136 valence electrons. The fraction of sp³-hybridized carbons (Fsp3) is 0.625. The van der Waals surface area contributed by atoms with Crippen LogP contribution in [0.4, 0.5) is 4.79 Å². The molecule has 0 fully saturated rings. The van der Waals surface area contributed by atoms with Crippen LogP contribution >= 0.6 is 27.3 Å². The number of alkyl carbamates (subject to hydrolysis) is 1. The minimum absolute atomic E-state index is 0.382. The van der Waals surface area contributed by atoms with Gasteiger partial charge < -0.3 is 20.7 Å². The van der Waals surface area contributed by atoms with Gasteiger partial charge in [0, 0.05) is 31.6 Å². The molecule has 0 aliphatic rings. The van der Waals surface area contributed by atoms with Gasteiger partial charge in [-0.2, -0.15) is 0 Å². The average molecular weight is 419 g/mol. The Morgan fingerprint density at radius 2 is 1.88 bits per heavy atom. The van der Waals surface area contributed by atoms with Crippen LogP contribution in [-0.2, 0) is 11.2 Å². The van der Waals surface area contributed by atoms with E-state index in [1.165, 1.54) is 4.88 Å². The van der Waals surface area contributed by atoms with Gasteiger partial charge in [-0.3, -0.25) is 4.99 Å². The molecule has 0 aliphatic heterocycles. The summed E-state index contributed by atoms with van der Waals surface area (Å²) in [6.07, 6.45) is 1.36. The number of hydrogen-bond donors (Lipinski definition) is 3. The Hall–Kier alpha value is -1.28. The molecule has 0 radical (unpaired) electrons. The second-order valence-electron chi connectivity index (χ2n) is 6.16. The summed E-state index contributed by atoms with van der Waals surface area (Å²) in [5.41, 5.74) is -0.466. The zero-order chi connectivity index (χ0) is 18.0. The zero-order valence-electron chi connectivity index (χ0n) is 14.7. The molecule has 1 aromatic heterocycles. The van der Waals surface area contributed by atoms with Crippen LogP contribution in [0.2, 0.25) is 0 Å². The van der Waals surface area contributed by atoms with Gasteiger partial charge in [0.2, 0.25) is 0 Å². The van der Waals surface area contributed by atoms with Gasteiger partial charge in [0.05, 0.1) is 3.79 Å². The predicted octanol–water partition coefficient (Wildman–Crippen LogP) is 3.13. The van der Waals surface area contributed by atoms with Crippen molar-refractivity contribution in [2.75, 3.05) is 26.7 Å². The van der Waals surface area contributed by atoms with E-state index >= 15 is 0 Å². The highest BCUT2D eigenvalue weighted by Crippen LogP contribution is 2.21. The predicted molar refractivity (Wildman–Crippen MR) is 104 cm³/mol. The van der Waals surface area contributed by atoms with E-state index in [0.29, 0.717) is 6.54 Å². The van der Waals surface area contributed by atoms with Crippen molar-refractivity contribution in [3.05, 3.63) is 20.8 Å². The molecule has 1 aromatic rings. The van der Waals surface area contributed by atoms with E-state index in [1.54, 1.807) is 18.4 Å². The highest BCUT2D eigenvalue weighted by molar-refractivity contribution is 9.11. The summed E-state index contributed by atoms with van der Waals surface area (Å²) in [5.74, 6) is 0.767. The van der Waals surface area contributed by atoms with E-state index in [4.69, 9.17) is 4.74 Å². The van der Waals surface area contributed by atoms with Crippen molar-refractivity contribution in [1.29, 1.82) is 0 Å². The van der Waals surface area contributed by atoms with E-state index in [1.807, 2.05) is 20.8 Å². The maximum atomic E-state index is 11.5. The minimum atomic E-state index is -0.466. The molecule has 1 heterocycles. The van der Waals surface area contributed by atoms with Crippen molar-refractivity contribution in [2.24, 2.45) is 4.99 Å². The second-order valence-corrected chi connectivity index (χ2v) is 8.71. The van der Waals surface area contributed by atoms with Gasteiger partial charge in [0.25, 0.3) is 0 Å². The molecule has 24 heavy (non-hydrogen) atoms. The number of amides is 1. The Bertz CT molecular complexity index is 540. The first-order valence-corrected chi connectivity index (χ1v) is 9.56. The summed E-state index contributed by atoms with van der Waals surface area (Å²) in [4.78, 5) is 17.0. The number of carbonyl (C=O) groups excluding carboxylic acids is 1. The van der Waals surface area contributed by atoms with Crippen molar-refractivity contribution in [3.8, 4) is 0 Å². The van der Waals surface area contributed by atoms with E-state index in [9.17, 15) is 4.79 Å². The van der Waals surface area contributed by atoms with Crippen LogP contribution < -0.4 is 16.0 Å². The van der Waals surface area contributed by atoms with Crippen LogP contribution in [0.15, 0.2) is 20.9 Å². The Kier molecular flexibility index (Phi) is 9.13. The van der Waals surface area contributed by atoms with Gasteiger partial charge in [0.15, 0.2) is 5.96 Å². The van der Waals surface area contributed by atoms with E-state index in [2.05, 4.69) is 49.0 Å². The molecule has 0 aliphatic carbocycles. The summed E-state index contributed by atoms with van der Waals surface area (Å²) in [7, 11) is 1.75. The number of nitrogens with zero attached hydrogens (tertiary/aromatic N) is 1. The average Bonchev–Trinajstić information content (AvgIpc) is 2.88. The molecule has 0 saturated heterocycles. The second kappa shape index (κ2) is 10.6. The standard InChI is InChI=1S/C16H27BrN4O2S/c1-16(2,3)23-15(22)21-10-5-9-19-14(18-4)20-11-8-12-6-7-13(17)24-12/h6-7H,5,8-11H2,1-4H3,(H,21,22)(H2,18,19,20). The molecule has 0 atom stereocenters. The number of halogens is 1. The lowest BCUT2D eigenvalue weighted by molar-refractivity contribution is 0.0527. The van der Waals surface area contributed by atoms with Gasteiger partial charge in [-0.25, -0.2) is 4.79 Å². The molecule has 0 bridgehead atoms. The van der Waals surface area contributed by atoms with Crippen LogP contribution in [0.3, 0.4) is 0 Å². The van der Waals surface area contributed by atoms with Gasteiger partial charge in [-0.05, 0) is 61.7 Å². The lowest BCUT2D eigenvalue weighted by Crippen LogP contribution is -2.40. The van der Waals surface area contributed by atoms with E-state index < -0.39 is 5.60 Å². The number of hydrogen-bond acceptors (Lipinski definition) is 4. The third kappa shape index (κ3) is 9.77. The Labute approximate surface area is 156 Å². The Morgan fingerprint density at radius 1 is 1.21 bits per heavy atom. The summed E-state index contributed by atoms with van der Waals surface area (Å²) >= 11 is 5.21. The number of nitrogens with one attached hydrogen (secondary N) is 3. The van der Waals surface area contributed by atoms with Gasteiger partial charge in [0.1, 0.15) is 5.60 Å². The topological polar surface area (TPSA) is 74.8 Å². The normalized spacial score (nSPS) is 12.0. The molecule has 3 N–H and O–H groups in total. The first-order valence-electron chi connectivity index (χ1n) is 7.96. The first kappa shape index (κ1) is 20.8. The van der Waals surface area contributed by atoms with Gasteiger partial charge in [-0.15, -0.1) is 11.3 Å². The number of aliphatic imine (C=N–C) groups is 1. The molecule has 8 heteroatoms. The molecule has 0 unspecified atom stereocenters. The fourth-order valence-electron chi connectivity index (χ4n) is 1.81. The number of guanidine groups is 1. The van der Waals surface area contributed by atoms with E-state index in [-0.39, 0.29) is 6.09 Å². The molecular weight excluding hydrogens is 392 g/mol. The SMILES string of the molecule is CN=C(NCCCNC(=O)OC(C)(C)C)NCCc1ccc(Br)s1. The molecule has 1 rings (SSSR count). The fourth-order valence-corrected chi connectivity index (χ4v) is 3.29. The molecule has 1 amide bonds. The molecule has 0 spiro atoms. The molecule has 0 aromatic carbocycles. The quantitative estimate of drug-likeness (QED) is 0.361. The van der Waals surface area contributed by atoms with E-state index in [0.717, 1.165) is 35.7 Å². The molecular formula is C16H27BrN4O2S. The van der Waals surface area contributed by atoms with Crippen LogP contribution in [0.5, 0.6) is 0 Å². The van der Waals surface area contributed by atoms with Crippen molar-refractivity contribution >= 4 is 39.3 Å². The summed E-state index contributed by atoms with van der Waals surface area (Å²) < 4.78 is 6.32. The van der Waals surface area contributed by atoms with Crippen LogP contribution in [0.1, 0.15) is 32.1 Å². The maximum absolute atomic E-state index is 11.5. The molecule has 0 saturated carbocycles. The first-order chi connectivity index (χ1) is 11.3. The largest absolute Gasteiger partial charge is 0.444 e. The molecule has 6 nitrogen and oxygen atoms in total. The monoisotopic (exact) mass is 418 g/mol. The summed E-state index contributed by atoms with van der Waals surface area (Å²) in [5, 5.41) is 9.23. The lowest BCUT2D eigenvalue weighted by atomic mass is 10.2. The highest BCUT2D eigenvalue weighted by Gasteiger charge is 2.15. The van der Waals surface area contributed by atoms with Gasteiger partial charge in [-0.1, -0.05) is 0 Å². The van der Waals surface area contributed by atoms with Crippen molar-refractivity contribution in [3.63, 3.8) is 0 Å². The Balaban J connectivity index is 2.10. The smallest absolute Gasteiger partial charge is 0.407 e. The van der Waals surface area contributed by atoms with Crippen LogP contribution in [0.25, 0.3) is 0 Å². The minimum Gasteiger partial charge on any atom is -0.444 e. The number of thiophene rings is 1. The summed E-state index contributed by atoms with van der Waals surface area (Å²) in [6.45, 7) is 7.64. The number of rotatable bonds is 7. The summed E-state index contributed by atoms with van der Waals surface area (Å²) in [6, 6.07) is 4.18. The van der Waals surface area contributed by atoms with Crippen molar-refractivity contribution < 1.29 is 9.53 Å².